The second kappa shape index (κ2) is 6.51. The third-order valence-corrected chi connectivity index (χ3v) is 4.77. The average Bonchev–Trinajstić information content (AvgIpc) is 3.33. The first-order chi connectivity index (χ1) is 12.6. The first-order valence-electron chi connectivity index (χ1n) is 8.44. The van der Waals surface area contributed by atoms with E-state index in [9.17, 15) is 9.59 Å². The zero-order valence-corrected chi connectivity index (χ0v) is 14.3. The van der Waals surface area contributed by atoms with E-state index in [1.54, 1.807) is 11.9 Å². The molecule has 0 aliphatic carbocycles. The van der Waals surface area contributed by atoms with Gasteiger partial charge in [0.1, 0.15) is 5.69 Å². The SMILES string of the molecule is CN1C(=O)c2cccn2CC1CNC(=O)c1cn[nH]c1-c1ccccc1. The maximum absolute atomic E-state index is 12.6. The van der Waals surface area contributed by atoms with Gasteiger partial charge in [0.05, 0.1) is 23.5 Å². The number of amides is 2. The highest BCUT2D eigenvalue weighted by Gasteiger charge is 2.29. The third kappa shape index (κ3) is 2.77. The van der Waals surface area contributed by atoms with Crippen LogP contribution < -0.4 is 5.32 Å². The molecule has 2 N–H and O–H groups in total. The second-order valence-electron chi connectivity index (χ2n) is 6.35. The number of aromatic nitrogens is 3. The van der Waals surface area contributed by atoms with Crippen molar-refractivity contribution in [2.24, 2.45) is 0 Å². The molecule has 3 aromatic rings. The Bertz CT molecular complexity index is 944. The van der Waals surface area contributed by atoms with Crippen molar-refractivity contribution in [1.82, 2.24) is 25.0 Å². The van der Waals surface area contributed by atoms with Gasteiger partial charge in [-0.1, -0.05) is 30.3 Å². The lowest BCUT2D eigenvalue weighted by Gasteiger charge is -2.33. The number of H-pyrrole nitrogens is 1. The lowest BCUT2D eigenvalue weighted by Crippen LogP contribution is -2.50. The predicted molar refractivity (Wildman–Crippen MR) is 96.7 cm³/mol. The molecule has 2 amide bonds. The van der Waals surface area contributed by atoms with Gasteiger partial charge in [0.25, 0.3) is 11.8 Å². The molecule has 0 saturated carbocycles. The number of nitrogens with zero attached hydrogens (tertiary/aromatic N) is 3. The Morgan fingerprint density at radius 1 is 1.27 bits per heavy atom. The van der Waals surface area contributed by atoms with Crippen LogP contribution in [0.5, 0.6) is 0 Å². The summed E-state index contributed by atoms with van der Waals surface area (Å²) in [6.07, 6.45) is 3.41. The van der Waals surface area contributed by atoms with E-state index >= 15 is 0 Å². The summed E-state index contributed by atoms with van der Waals surface area (Å²) in [5, 5.41) is 9.83. The molecule has 0 radical (unpaired) electrons. The molecule has 7 nitrogen and oxygen atoms in total. The molecule has 3 heterocycles. The Balaban J connectivity index is 1.47. The van der Waals surface area contributed by atoms with Gasteiger partial charge in [0.15, 0.2) is 0 Å². The molecule has 0 bridgehead atoms. The fraction of sp³-hybridized carbons (Fsp3) is 0.211. The summed E-state index contributed by atoms with van der Waals surface area (Å²) in [6.45, 7) is 1.03. The van der Waals surface area contributed by atoms with Crippen molar-refractivity contribution < 1.29 is 9.59 Å². The number of benzene rings is 1. The number of aromatic amines is 1. The number of rotatable bonds is 4. The van der Waals surface area contributed by atoms with Gasteiger partial charge in [-0.05, 0) is 12.1 Å². The van der Waals surface area contributed by atoms with Crippen LogP contribution in [0.2, 0.25) is 0 Å². The molecule has 7 heteroatoms. The molecular weight excluding hydrogens is 330 g/mol. The molecule has 1 unspecified atom stereocenters. The number of fused-ring (bicyclic) bond motifs is 1. The van der Waals surface area contributed by atoms with E-state index in [1.165, 1.54) is 6.20 Å². The van der Waals surface area contributed by atoms with Gasteiger partial charge in [0, 0.05) is 31.9 Å². The van der Waals surface area contributed by atoms with Gasteiger partial charge in [-0.15, -0.1) is 0 Å². The Labute approximate surface area is 150 Å². The van der Waals surface area contributed by atoms with Crippen LogP contribution in [0, 0.1) is 0 Å². The molecule has 1 aromatic carbocycles. The largest absolute Gasteiger partial charge is 0.350 e. The predicted octanol–water partition coefficient (Wildman–Crippen LogP) is 1.76. The second-order valence-corrected chi connectivity index (χ2v) is 6.35. The highest BCUT2D eigenvalue weighted by Crippen LogP contribution is 2.21. The first-order valence-corrected chi connectivity index (χ1v) is 8.44. The smallest absolute Gasteiger partial charge is 0.270 e. The zero-order valence-electron chi connectivity index (χ0n) is 14.3. The molecule has 4 rings (SSSR count). The van der Waals surface area contributed by atoms with Gasteiger partial charge in [0.2, 0.25) is 0 Å². The van der Waals surface area contributed by atoms with Crippen LogP contribution in [-0.4, -0.2) is 51.1 Å². The van der Waals surface area contributed by atoms with Crippen LogP contribution >= 0.6 is 0 Å². The van der Waals surface area contributed by atoms with E-state index in [4.69, 9.17) is 0 Å². The summed E-state index contributed by atoms with van der Waals surface area (Å²) < 4.78 is 1.92. The van der Waals surface area contributed by atoms with Crippen LogP contribution in [0.4, 0.5) is 0 Å². The monoisotopic (exact) mass is 349 g/mol. The van der Waals surface area contributed by atoms with Crippen molar-refractivity contribution in [3.63, 3.8) is 0 Å². The minimum atomic E-state index is -0.211. The lowest BCUT2D eigenvalue weighted by atomic mass is 10.1. The Morgan fingerprint density at radius 2 is 2.08 bits per heavy atom. The Hall–Kier alpha value is -3.35. The highest BCUT2D eigenvalue weighted by atomic mass is 16.2. The lowest BCUT2D eigenvalue weighted by molar-refractivity contribution is 0.0645. The molecule has 132 valence electrons. The topological polar surface area (TPSA) is 83.0 Å². The van der Waals surface area contributed by atoms with E-state index in [1.807, 2.05) is 53.2 Å². The summed E-state index contributed by atoms with van der Waals surface area (Å²) >= 11 is 0. The maximum Gasteiger partial charge on any atom is 0.270 e. The number of likely N-dealkylation sites (N-methyl/N-ethyl adjacent to an activating group) is 1. The molecule has 2 aromatic heterocycles. The van der Waals surface area contributed by atoms with E-state index < -0.39 is 0 Å². The standard InChI is InChI=1S/C19H19N5O2/c1-23-14(12-24-9-5-8-16(24)19(23)26)10-20-18(25)15-11-21-22-17(15)13-6-3-2-4-7-13/h2-9,11,14H,10,12H2,1H3,(H,20,25)(H,21,22). The summed E-state index contributed by atoms with van der Waals surface area (Å²) in [5.74, 6) is -0.245. The molecule has 1 aliphatic heterocycles. The Morgan fingerprint density at radius 3 is 2.88 bits per heavy atom. The summed E-state index contributed by atoms with van der Waals surface area (Å²) in [4.78, 5) is 26.7. The van der Waals surface area contributed by atoms with Gasteiger partial charge < -0.3 is 14.8 Å². The number of nitrogens with one attached hydrogen (secondary N) is 2. The number of carbonyl (C=O) groups is 2. The summed E-state index contributed by atoms with van der Waals surface area (Å²) in [5.41, 5.74) is 2.75. The number of hydrogen-bond donors (Lipinski definition) is 2. The van der Waals surface area contributed by atoms with Crippen LogP contribution in [0.25, 0.3) is 11.3 Å². The average molecular weight is 349 g/mol. The summed E-state index contributed by atoms with van der Waals surface area (Å²) in [6, 6.07) is 13.2. The van der Waals surface area contributed by atoms with Crippen molar-refractivity contribution in [3.8, 4) is 11.3 Å². The quantitative estimate of drug-likeness (QED) is 0.753. The Kier molecular flexibility index (Phi) is 4.04. The van der Waals surface area contributed by atoms with Crippen molar-refractivity contribution in [3.05, 3.63) is 66.1 Å². The minimum Gasteiger partial charge on any atom is -0.350 e. The van der Waals surface area contributed by atoms with Gasteiger partial charge in [-0.25, -0.2) is 0 Å². The number of carbonyl (C=O) groups excluding carboxylic acids is 2. The van der Waals surface area contributed by atoms with Crippen LogP contribution in [-0.2, 0) is 6.54 Å². The van der Waals surface area contributed by atoms with Gasteiger partial charge in [-0.2, -0.15) is 5.10 Å². The van der Waals surface area contributed by atoms with Crippen LogP contribution in [0.1, 0.15) is 20.8 Å². The fourth-order valence-corrected chi connectivity index (χ4v) is 3.25. The van der Waals surface area contributed by atoms with Crippen molar-refractivity contribution in [2.75, 3.05) is 13.6 Å². The van der Waals surface area contributed by atoms with E-state index in [2.05, 4.69) is 15.5 Å². The van der Waals surface area contributed by atoms with Crippen molar-refractivity contribution >= 4 is 11.8 Å². The van der Waals surface area contributed by atoms with Crippen molar-refractivity contribution in [2.45, 2.75) is 12.6 Å². The van der Waals surface area contributed by atoms with Crippen molar-refractivity contribution in [1.29, 1.82) is 0 Å². The van der Waals surface area contributed by atoms with Crippen LogP contribution in [0.15, 0.2) is 54.9 Å². The third-order valence-electron chi connectivity index (χ3n) is 4.77. The molecule has 0 fully saturated rings. The zero-order chi connectivity index (χ0) is 18.1. The molecule has 0 spiro atoms. The molecule has 1 aliphatic rings. The van der Waals surface area contributed by atoms with Gasteiger partial charge >= 0.3 is 0 Å². The number of hydrogen-bond acceptors (Lipinski definition) is 3. The maximum atomic E-state index is 12.6. The molecular formula is C19H19N5O2. The normalized spacial score (nSPS) is 16.4. The summed E-state index contributed by atoms with van der Waals surface area (Å²) in [7, 11) is 1.77. The van der Waals surface area contributed by atoms with Gasteiger partial charge in [-0.3, -0.25) is 14.7 Å². The molecule has 0 saturated heterocycles. The minimum absolute atomic E-state index is 0.0335. The highest BCUT2D eigenvalue weighted by molar-refractivity contribution is 5.99. The molecule has 1 atom stereocenters. The first kappa shape index (κ1) is 16.1. The van der Waals surface area contributed by atoms with Crippen LogP contribution in [0.3, 0.4) is 0 Å². The molecule has 26 heavy (non-hydrogen) atoms. The fourth-order valence-electron chi connectivity index (χ4n) is 3.25. The van der Waals surface area contributed by atoms with E-state index in [-0.39, 0.29) is 17.9 Å². The van der Waals surface area contributed by atoms with E-state index in [0.29, 0.717) is 30.0 Å². The van der Waals surface area contributed by atoms with E-state index in [0.717, 1.165) is 5.56 Å².